The average Bonchev–Trinajstić information content (AvgIpc) is 2.91. The fourth-order valence-corrected chi connectivity index (χ4v) is 5.46. The Hall–Kier alpha value is -3.85. The minimum atomic E-state index is -4.12. The molecule has 0 aliphatic rings. The number of nitrogens with one attached hydrogen (secondary N) is 1. The zero-order chi connectivity index (χ0) is 28.6. The van der Waals surface area contributed by atoms with Crippen LogP contribution >= 0.6 is 0 Å². The van der Waals surface area contributed by atoms with Crippen LogP contribution in [0.1, 0.15) is 33.3 Å². The highest BCUT2D eigenvalue weighted by Gasteiger charge is 2.33. The summed E-state index contributed by atoms with van der Waals surface area (Å²) < 4.78 is 33.8. The average molecular weight is 552 g/mol. The van der Waals surface area contributed by atoms with Gasteiger partial charge in [-0.1, -0.05) is 48.5 Å². The molecule has 3 rings (SSSR count). The van der Waals surface area contributed by atoms with Crippen LogP contribution in [-0.4, -0.2) is 56.9 Å². The molecule has 0 unspecified atom stereocenters. The van der Waals surface area contributed by atoms with Gasteiger partial charge in [0, 0.05) is 12.1 Å². The molecule has 1 N–H and O–H groups in total. The Morgan fingerprint density at radius 3 is 2.00 bits per heavy atom. The second kappa shape index (κ2) is 12.8. The standard InChI is InChI=1S/C30H37N3O5S/c1-23(29(35)31-30(2,3)4)32(21-20-24-12-8-6-9-13-24)28(34)22-33(25-14-10-7-11-15-25)39(36,37)27-18-16-26(38-5)17-19-27/h6-19,23H,20-22H2,1-5H3,(H,31,35)/t23-/m0/s1. The molecule has 208 valence electrons. The summed E-state index contributed by atoms with van der Waals surface area (Å²) in [7, 11) is -2.62. The van der Waals surface area contributed by atoms with Crippen molar-refractivity contribution in [1.29, 1.82) is 0 Å². The fraction of sp³-hybridized carbons (Fsp3) is 0.333. The number of methoxy groups -OCH3 is 1. The van der Waals surface area contributed by atoms with E-state index in [1.54, 1.807) is 49.4 Å². The summed E-state index contributed by atoms with van der Waals surface area (Å²) in [6.07, 6.45) is 0.510. The summed E-state index contributed by atoms with van der Waals surface area (Å²) in [6, 6.07) is 23.3. The minimum Gasteiger partial charge on any atom is -0.497 e. The number of para-hydroxylation sites is 1. The highest BCUT2D eigenvalue weighted by atomic mass is 32.2. The molecule has 39 heavy (non-hydrogen) atoms. The van der Waals surface area contributed by atoms with Gasteiger partial charge in [0.1, 0.15) is 18.3 Å². The molecule has 0 aliphatic heterocycles. The van der Waals surface area contributed by atoms with Crippen LogP contribution in [0, 0.1) is 0 Å². The Bertz CT molecular complexity index is 1340. The van der Waals surface area contributed by atoms with Crippen molar-refractivity contribution >= 4 is 27.5 Å². The van der Waals surface area contributed by atoms with Crippen LogP contribution in [0.5, 0.6) is 5.75 Å². The van der Waals surface area contributed by atoms with E-state index in [4.69, 9.17) is 4.74 Å². The lowest BCUT2D eigenvalue weighted by Crippen LogP contribution is -2.55. The van der Waals surface area contributed by atoms with E-state index < -0.39 is 34.1 Å². The molecule has 0 spiro atoms. The van der Waals surface area contributed by atoms with Crippen molar-refractivity contribution in [2.45, 2.75) is 50.6 Å². The number of hydrogen-bond donors (Lipinski definition) is 1. The first-order valence-corrected chi connectivity index (χ1v) is 14.2. The van der Waals surface area contributed by atoms with Gasteiger partial charge in [-0.25, -0.2) is 8.42 Å². The zero-order valence-corrected chi connectivity index (χ0v) is 23.9. The van der Waals surface area contributed by atoms with E-state index in [0.717, 1.165) is 9.87 Å². The van der Waals surface area contributed by atoms with Crippen LogP contribution in [0.25, 0.3) is 0 Å². The number of benzene rings is 3. The lowest BCUT2D eigenvalue weighted by molar-refractivity contribution is -0.139. The predicted octanol–water partition coefficient (Wildman–Crippen LogP) is 4.27. The Balaban J connectivity index is 1.96. The van der Waals surface area contributed by atoms with Crippen molar-refractivity contribution in [1.82, 2.24) is 10.2 Å². The third-order valence-corrected chi connectivity index (χ3v) is 7.91. The van der Waals surface area contributed by atoms with Crippen LogP contribution in [0.2, 0.25) is 0 Å². The number of sulfonamides is 1. The maximum atomic E-state index is 13.9. The molecular weight excluding hydrogens is 514 g/mol. The van der Waals surface area contributed by atoms with Gasteiger partial charge in [0.05, 0.1) is 17.7 Å². The monoisotopic (exact) mass is 551 g/mol. The Labute approximate surface area is 231 Å². The molecule has 0 saturated carbocycles. The highest BCUT2D eigenvalue weighted by Crippen LogP contribution is 2.25. The van der Waals surface area contributed by atoms with E-state index in [1.807, 2.05) is 51.1 Å². The number of rotatable bonds is 11. The van der Waals surface area contributed by atoms with Gasteiger partial charge in [-0.2, -0.15) is 0 Å². The molecule has 0 aromatic heterocycles. The zero-order valence-electron chi connectivity index (χ0n) is 23.1. The smallest absolute Gasteiger partial charge is 0.264 e. The lowest BCUT2D eigenvalue weighted by Gasteiger charge is -2.33. The summed E-state index contributed by atoms with van der Waals surface area (Å²) in [6.45, 7) is 7.03. The first-order chi connectivity index (χ1) is 18.4. The van der Waals surface area contributed by atoms with E-state index >= 15 is 0 Å². The Morgan fingerprint density at radius 1 is 0.897 bits per heavy atom. The topological polar surface area (TPSA) is 96.0 Å². The number of carbonyl (C=O) groups is 2. The molecule has 0 saturated heterocycles. The second-order valence-electron chi connectivity index (χ2n) is 10.3. The van der Waals surface area contributed by atoms with E-state index in [-0.39, 0.29) is 17.3 Å². The van der Waals surface area contributed by atoms with Gasteiger partial charge in [0.2, 0.25) is 11.8 Å². The third kappa shape index (κ3) is 8.07. The van der Waals surface area contributed by atoms with E-state index in [0.29, 0.717) is 17.9 Å². The number of hydrogen-bond acceptors (Lipinski definition) is 5. The van der Waals surface area contributed by atoms with Crippen molar-refractivity contribution in [3.05, 3.63) is 90.5 Å². The molecular formula is C30H37N3O5S. The van der Waals surface area contributed by atoms with Crippen LogP contribution < -0.4 is 14.4 Å². The van der Waals surface area contributed by atoms with Gasteiger partial charge < -0.3 is 15.0 Å². The molecule has 3 aromatic carbocycles. The summed E-state index contributed by atoms with van der Waals surface area (Å²) in [5.41, 5.74) is 0.855. The molecule has 0 bridgehead atoms. The maximum Gasteiger partial charge on any atom is 0.264 e. The number of nitrogens with zero attached hydrogens (tertiary/aromatic N) is 2. The van der Waals surface area contributed by atoms with Gasteiger partial charge >= 0.3 is 0 Å². The number of carbonyl (C=O) groups excluding carboxylic acids is 2. The lowest BCUT2D eigenvalue weighted by atomic mass is 10.1. The predicted molar refractivity (Wildman–Crippen MR) is 153 cm³/mol. The number of ether oxygens (including phenoxy) is 1. The van der Waals surface area contributed by atoms with Crippen molar-refractivity contribution in [3.63, 3.8) is 0 Å². The highest BCUT2D eigenvalue weighted by molar-refractivity contribution is 7.92. The number of amides is 2. The van der Waals surface area contributed by atoms with Gasteiger partial charge in [-0.05, 0) is 76.1 Å². The van der Waals surface area contributed by atoms with Crippen LogP contribution in [0.15, 0.2) is 89.8 Å². The SMILES string of the molecule is COc1ccc(S(=O)(=O)N(CC(=O)N(CCc2ccccc2)[C@@H](C)C(=O)NC(C)(C)C)c2ccccc2)cc1. The third-order valence-electron chi connectivity index (χ3n) is 6.12. The minimum absolute atomic E-state index is 0.0225. The Morgan fingerprint density at radius 2 is 1.46 bits per heavy atom. The van der Waals surface area contributed by atoms with E-state index in [1.165, 1.54) is 24.1 Å². The Kier molecular flexibility index (Phi) is 9.75. The van der Waals surface area contributed by atoms with Crippen LogP contribution in [0.3, 0.4) is 0 Å². The summed E-state index contributed by atoms with van der Waals surface area (Å²) >= 11 is 0. The molecule has 0 aliphatic carbocycles. The summed E-state index contributed by atoms with van der Waals surface area (Å²) in [5.74, 6) is -0.279. The van der Waals surface area contributed by atoms with E-state index in [9.17, 15) is 18.0 Å². The van der Waals surface area contributed by atoms with E-state index in [2.05, 4.69) is 5.32 Å². The quantitative estimate of drug-likeness (QED) is 0.384. The first-order valence-electron chi connectivity index (χ1n) is 12.8. The van der Waals surface area contributed by atoms with Gasteiger partial charge in [-0.3, -0.25) is 13.9 Å². The first kappa shape index (κ1) is 29.7. The van der Waals surface area contributed by atoms with Crippen molar-refractivity contribution < 1.29 is 22.7 Å². The number of anilines is 1. The van der Waals surface area contributed by atoms with Crippen molar-refractivity contribution in [2.24, 2.45) is 0 Å². The van der Waals surface area contributed by atoms with Gasteiger partial charge in [0.25, 0.3) is 10.0 Å². The molecule has 0 fully saturated rings. The molecule has 9 heteroatoms. The summed E-state index contributed by atoms with van der Waals surface area (Å²) in [4.78, 5) is 28.4. The van der Waals surface area contributed by atoms with Crippen molar-refractivity contribution in [3.8, 4) is 5.75 Å². The molecule has 2 amide bonds. The molecule has 1 atom stereocenters. The second-order valence-corrected chi connectivity index (χ2v) is 12.1. The van der Waals surface area contributed by atoms with Crippen LogP contribution in [-0.2, 0) is 26.0 Å². The molecule has 0 heterocycles. The normalized spacial score (nSPS) is 12.3. The molecule has 0 radical (unpaired) electrons. The molecule has 8 nitrogen and oxygen atoms in total. The largest absolute Gasteiger partial charge is 0.497 e. The van der Waals surface area contributed by atoms with Crippen molar-refractivity contribution in [2.75, 3.05) is 24.5 Å². The van der Waals surface area contributed by atoms with Gasteiger partial charge in [-0.15, -0.1) is 0 Å². The van der Waals surface area contributed by atoms with Crippen LogP contribution in [0.4, 0.5) is 5.69 Å². The maximum absolute atomic E-state index is 13.9. The fourth-order valence-electron chi connectivity index (χ4n) is 4.04. The molecule has 3 aromatic rings. The van der Waals surface area contributed by atoms with Gasteiger partial charge in [0.15, 0.2) is 0 Å². The summed E-state index contributed by atoms with van der Waals surface area (Å²) in [5, 5.41) is 2.93.